The van der Waals surface area contributed by atoms with Gasteiger partial charge in [-0.15, -0.1) is 0 Å². The zero-order valence-corrected chi connectivity index (χ0v) is 12.4. The van der Waals surface area contributed by atoms with Gasteiger partial charge >= 0.3 is 11.9 Å². The van der Waals surface area contributed by atoms with E-state index >= 15 is 0 Å². The highest BCUT2D eigenvalue weighted by Gasteiger charge is 2.54. The molecule has 0 aromatic rings. The van der Waals surface area contributed by atoms with Crippen LogP contribution in [0.25, 0.3) is 0 Å². The monoisotopic (exact) mass is 292 g/mol. The van der Waals surface area contributed by atoms with Gasteiger partial charge in [-0.25, -0.2) is 0 Å². The number of carbonyl (C=O) groups is 2. The molecule has 0 aliphatic carbocycles. The largest absolute Gasteiger partial charge is 0.463 e. The first-order valence-electron chi connectivity index (χ1n) is 6.10. The molecule has 6 nitrogen and oxygen atoms in total. The van der Waals surface area contributed by atoms with Gasteiger partial charge in [-0.05, 0) is 12.7 Å². The summed E-state index contributed by atoms with van der Waals surface area (Å²) >= 11 is 1.50. The van der Waals surface area contributed by atoms with E-state index in [1.807, 2.05) is 6.92 Å². The number of thioether (sulfide) groups is 1. The number of aliphatic hydroxyl groups is 1. The summed E-state index contributed by atoms with van der Waals surface area (Å²) in [4.78, 5) is 22.0. The molecule has 0 aromatic carbocycles. The third-order valence-corrected chi connectivity index (χ3v) is 3.95. The first-order chi connectivity index (χ1) is 8.77. The fraction of sp³-hybridized carbons (Fsp3) is 0.833. The van der Waals surface area contributed by atoms with Crippen LogP contribution in [0.3, 0.4) is 0 Å². The van der Waals surface area contributed by atoms with E-state index in [4.69, 9.17) is 14.2 Å². The minimum Gasteiger partial charge on any atom is -0.463 e. The van der Waals surface area contributed by atoms with E-state index in [1.165, 1.54) is 32.5 Å². The molecule has 1 aliphatic rings. The Morgan fingerprint density at radius 1 is 1.37 bits per heavy atom. The van der Waals surface area contributed by atoms with Gasteiger partial charge < -0.3 is 19.3 Å². The maximum atomic E-state index is 11.1. The lowest BCUT2D eigenvalue weighted by atomic mass is 10.1. The minimum atomic E-state index is -1.58. The smallest absolute Gasteiger partial charge is 0.303 e. The van der Waals surface area contributed by atoms with Crippen molar-refractivity contribution in [2.24, 2.45) is 0 Å². The van der Waals surface area contributed by atoms with Crippen LogP contribution >= 0.6 is 11.8 Å². The topological polar surface area (TPSA) is 82.1 Å². The normalized spacial score (nSPS) is 34.1. The lowest BCUT2D eigenvalue weighted by Gasteiger charge is -2.26. The van der Waals surface area contributed by atoms with E-state index in [1.54, 1.807) is 0 Å². The average molecular weight is 292 g/mol. The molecule has 4 atom stereocenters. The molecule has 19 heavy (non-hydrogen) atoms. The summed E-state index contributed by atoms with van der Waals surface area (Å²) in [5, 5.41) is 9.91. The molecule has 0 radical (unpaired) electrons. The van der Waals surface area contributed by atoms with Crippen molar-refractivity contribution in [3.05, 3.63) is 0 Å². The van der Waals surface area contributed by atoms with Crippen LogP contribution in [-0.2, 0) is 23.8 Å². The van der Waals surface area contributed by atoms with Crippen molar-refractivity contribution in [3.63, 3.8) is 0 Å². The first kappa shape index (κ1) is 16.3. The zero-order valence-electron chi connectivity index (χ0n) is 11.5. The van der Waals surface area contributed by atoms with Gasteiger partial charge in [0.1, 0.15) is 12.7 Å². The van der Waals surface area contributed by atoms with Crippen molar-refractivity contribution in [1.82, 2.24) is 0 Å². The van der Waals surface area contributed by atoms with Gasteiger partial charge in [-0.3, -0.25) is 9.59 Å². The van der Waals surface area contributed by atoms with E-state index in [9.17, 15) is 14.7 Å². The van der Waals surface area contributed by atoms with Crippen LogP contribution in [-0.4, -0.2) is 52.6 Å². The minimum absolute atomic E-state index is 0.0287. The summed E-state index contributed by atoms with van der Waals surface area (Å²) in [5.41, 5.74) is 0. The standard InChI is InChI=1S/C12H20O6S/c1-5-19-10-9(6-16-7(2)13)18-12(4,15)11(10)17-8(3)14/h9-11,15H,5-6H2,1-4H3/t9-,10+,11-,12-/m1/s1. The fourth-order valence-electron chi connectivity index (χ4n) is 2.01. The number of carbonyl (C=O) groups excluding carboxylic acids is 2. The second-order valence-corrected chi connectivity index (χ2v) is 5.92. The fourth-order valence-corrected chi connectivity index (χ4v) is 3.23. The molecule has 1 heterocycles. The SMILES string of the molecule is CCS[C@@H]1[C@@H](OC(C)=O)[C@](C)(O)O[C@@H]1COC(C)=O. The molecule has 110 valence electrons. The van der Waals surface area contributed by atoms with Gasteiger partial charge in [-0.2, -0.15) is 11.8 Å². The van der Waals surface area contributed by atoms with E-state index < -0.39 is 29.9 Å². The van der Waals surface area contributed by atoms with Crippen LogP contribution in [0.2, 0.25) is 0 Å². The molecule has 1 rings (SSSR count). The summed E-state index contributed by atoms with van der Waals surface area (Å²) in [6, 6.07) is 0. The Balaban J connectivity index is 2.81. The summed E-state index contributed by atoms with van der Waals surface area (Å²) in [6.07, 6.45) is -1.29. The molecule has 0 unspecified atom stereocenters. The Morgan fingerprint density at radius 2 is 2.00 bits per heavy atom. The Hall–Kier alpha value is -0.790. The van der Waals surface area contributed by atoms with Gasteiger partial charge in [0.25, 0.3) is 0 Å². The number of hydrogen-bond acceptors (Lipinski definition) is 7. The van der Waals surface area contributed by atoms with Crippen molar-refractivity contribution < 1.29 is 28.9 Å². The number of esters is 2. The average Bonchev–Trinajstić information content (AvgIpc) is 2.50. The molecule has 0 bridgehead atoms. The van der Waals surface area contributed by atoms with Crippen molar-refractivity contribution >= 4 is 23.7 Å². The van der Waals surface area contributed by atoms with Crippen molar-refractivity contribution in [1.29, 1.82) is 0 Å². The number of rotatable bonds is 5. The highest BCUT2D eigenvalue weighted by molar-refractivity contribution is 8.00. The molecular formula is C12H20O6S. The molecule has 0 saturated carbocycles. The van der Waals surface area contributed by atoms with Gasteiger partial charge in [0.05, 0.1) is 5.25 Å². The Bertz CT molecular complexity index is 343. The third-order valence-electron chi connectivity index (χ3n) is 2.69. The second kappa shape index (κ2) is 6.58. The summed E-state index contributed by atoms with van der Waals surface area (Å²) in [5.74, 6) is -1.72. The van der Waals surface area contributed by atoms with Crippen molar-refractivity contribution in [2.45, 2.75) is 50.9 Å². The highest BCUT2D eigenvalue weighted by atomic mass is 32.2. The van der Waals surface area contributed by atoms with E-state index in [2.05, 4.69) is 0 Å². The van der Waals surface area contributed by atoms with Crippen LogP contribution in [0.15, 0.2) is 0 Å². The second-order valence-electron chi connectivity index (χ2n) is 4.46. The molecule has 1 N–H and O–H groups in total. The Kier molecular flexibility index (Phi) is 5.64. The van der Waals surface area contributed by atoms with Crippen LogP contribution in [0, 0.1) is 0 Å². The molecule has 0 amide bonds. The van der Waals surface area contributed by atoms with E-state index in [0.717, 1.165) is 5.75 Å². The van der Waals surface area contributed by atoms with Crippen LogP contribution < -0.4 is 0 Å². The van der Waals surface area contributed by atoms with Crippen LogP contribution in [0.5, 0.6) is 0 Å². The summed E-state index contributed by atoms with van der Waals surface area (Å²) in [6.45, 7) is 6.01. The predicted octanol–water partition coefficient (Wildman–Crippen LogP) is 0.710. The Labute approximate surface area is 116 Å². The molecule has 1 saturated heterocycles. The van der Waals surface area contributed by atoms with Gasteiger partial charge in [0.15, 0.2) is 6.10 Å². The number of hydrogen-bond donors (Lipinski definition) is 1. The summed E-state index contributed by atoms with van der Waals surface area (Å²) < 4.78 is 15.5. The van der Waals surface area contributed by atoms with Crippen molar-refractivity contribution in [3.8, 4) is 0 Å². The van der Waals surface area contributed by atoms with Crippen LogP contribution in [0.4, 0.5) is 0 Å². The van der Waals surface area contributed by atoms with Crippen LogP contribution in [0.1, 0.15) is 27.7 Å². The molecule has 1 fully saturated rings. The van der Waals surface area contributed by atoms with E-state index in [-0.39, 0.29) is 11.9 Å². The zero-order chi connectivity index (χ0) is 14.6. The van der Waals surface area contributed by atoms with Gasteiger partial charge in [0, 0.05) is 13.8 Å². The van der Waals surface area contributed by atoms with Gasteiger partial charge in [-0.1, -0.05) is 6.92 Å². The highest BCUT2D eigenvalue weighted by Crippen LogP contribution is 2.38. The molecule has 0 spiro atoms. The number of ether oxygens (including phenoxy) is 3. The molecule has 0 aromatic heterocycles. The quantitative estimate of drug-likeness (QED) is 0.747. The third kappa shape index (κ3) is 4.36. The molecule has 1 aliphatic heterocycles. The van der Waals surface area contributed by atoms with Crippen molar-refractivity contribution in [2.75, 3.05) is 12.4 Å². The van der Waals surface area contributed by atoms with E-state index in [0.29, 0.717) is 0 Å². The summed E-state index contributed by atoms with van der Waals surface area (Å²) in [7, 11) is 0. The van der Waals surface area contributed by atoms with Gasteiger partial charge in [0.2, 0.25) is 5.79 Å². The lowest BCUT2D eigenvalue weighted by molar-refractivity contribution is -0.227. The predicted molar refractivity (Wildman–Crippen MR) is 69.6 cm³/mol. The lowest BCUT2D eigenvalue weighted by Crippen LogP contribution is -2.42. The molecular weight excluding hydrogens is 272 g/mol. The Morgan fingerprint density at radius 3 is 2.47 bits per heavy atom. The molecule has 7 heteroatoms. The maximum absolute atomic E-state index is 11.1. The first-order valence-corrected chi connectivity index (χ1v) is 7.15. The maximum Gasteiger partial charge on any atom is 0.303 e.